The fourth-order valence-electron chi connectivity index (χ4n) is 3.17. The van der Waals surface area contributed by atoms with Gasteiger partial charge in [-0.25, -0.2) is 0 Å². The summed E-state index contributed by atoms with van der Waals surface area (Å²) in [4.78, 5) is 26.5. The molecule has 144 valence electrons. The van der Waals surface area contributed by atoms with Crippen molar-refractivity contribution < 1.29 is 19.1 Å². The second kappa shape index (κ2) is 8.43. The van der Waals surface area contributed by atoms with Crippen LogP contribution in [0.4, 0.5) is 0 Å². The minimum atomic E-state index is -0.449. The SMILES string of the molecule is COc1ccc(C2CCCN2C(=O)CCNC(=O)C(C)(C)C)c(OC)c1. The molecule has 0 radical (unpaired) electrons. The van der Waals surface area contributed by atoms with Gasteiger partial charge in [-0.05, 0) is 25.0 Å². The van der Waals surface area contributed by atoms with Gasteiger partial charge in [-0.2, -0.15) is 0 Å². The van der Waals surface area contributed by atoms with Gasteiger partial charge in [-0.1, -0.05) is 20.8 Å². The molecule has 26 heavy (non-hydrogen) atoms. The Kier molecular flexibility index (Phi) is 6.51. The number of likely N-dealkylation sites (tertiary alicyclic amines) is 1. The van der Waals surface area contributed by atoms with E-state index in [1.54, 1.807) is 14.2 Å². The fraction of sp³-hybridized carbons (Fsp3) is 0.600. The van der Waals surface area contributed by atoms with Gasteiger partial charge in [-0.15, -0.1) is 0 Å². The van der Waals surface area contributed by atoms with Gasteiger partial charge in [-0.3, -0.25) is 9.59 Å². The van der Waals surface area contributed by atoms with Gasteiger partial charge in [0, 0.05) is 36.6 Å². The number of nitrogens with one attached hydrogen (secondary N) is 1. The van der Waals surface area contributed by atoms with Gasteiger partial charge in [0.1, 0.15) is 11.5 Å². The third kappa shape index (κ3) is 4.68. The Morgan fingerprint density at radius 1 is 1.23 bits per heavy atom. The predicted molar refractivity (Wildman–Crippen MR) is 100 cm³/mol. The van der Waals surface area contributed by atoms with Gasteiger partial charge in [0.2, 0.25) is 11.8 Å². The summed E-state index contributed by atoms with van der Waals surface area (Å²) >= 11 is 0. The summed E-state index contributed by atoms with van der Waals surface area (Å²) in [6.07, 6.45) is 2.17. The molecule has 0 aromatic heterocycles. The number of methoxy groups -OCH3 is 2. The first-order valence-electron chi connectivity index (χ1n) is 9.07. The van der Waals surface area contributed by atoms with Crippen LogP contribution >= 0.6 is 0 Å². The zero-order chi connectivity index (χ0) is 19.3. The third-order valence-electron chi connectivity index (χ3n) is 4.68. The van der Waals surface area contributed by atoms with Crippen molar-refractivity contribution in [3.8, 4) is 11.5 Å². The highest BCUT2D eigenvalue weighted by Crippen LogP contribution is 2.38. The average Bonchev–Trinajstić information content (AvgIpc) is 3.09. The van der Waals surface area contributed by atoms with Crippen LogP contribution in [0.25, 0.3) is 0 Å². The fourth-order valence-corrected chi connectivity index (χ4v) is 3.17. The molecule has 0 spiro atoms. The lowest BCUT2D eigenvalue weighted by Gasteiger charge is -2.27. The minimum absolute atomic E-state index is 0.00155. The van der Waals surface area contributed by atoms with E-state index in [0.717, 1.165) is 36.4 Å². The second-order valence-corrected chi connectivity index (χ2v) is 7.61. The lowest BCUT2D eigenvalue weighted by Crippen LogP contribution is -2.38. The van der Waals surface area contributed by atoms with E-state index < -0.39 is 5.41 Å². The van der Waals surface area contributed by atoms with E-state index in [-0.39, 0.29) is 17.9 Å². The topological polar surface area (TPSA) is 67.9 Å². The molecule has 1 aromatic rings. The Bertz CT molecular complexity index is 652. The monoisotopic (exact) mass is 362 g/mol. The van der Waals surface area contributed by atoms with E-state index in [1.807, 2.05) is 43.9 Å². The Hall–Kier alpha value is -2.24. The molecule has 2 rings (SSSR count). The van der Waals surface area contributed by atoms with Gasteiger partial charge in [0.05, 0.1) is 20.3 Å². The van der Waals surface area contributed by atoms with Crippen molar-refractivity contribution in [2.75, 3.05) is 27.3 Å². The van der Waals surface area contributed by atoms with Gasteiger partial charge < -0.3 is 19.7 Å². The number of hydrogen-bond donors (Lipinski definition) is 1. The van der Waals surface area contributed by atoms with Crippen LogP contribution in [0, 0.1) is 5.41 Å². The van der Waals surface area contributed by atoms with Crippen LogP contribution in [-0.4, -0.2) is 44.0 Å². The molecule has 0 aliphatic carbocycles. The van der Waals surface area contributed by atoms with Gasteiger partial charge in [0.25, 0.3) is 0 Å². The summed E-state index contributed by atoms with van der Waals surface area (Å²) in [6, 6.07) is 5.71. The quantitative estimate of drug-likeness (QED) is 0.845. The van der Waals surface area contributed by atoms with Crippen molar-refractivity contribution >= 4 is 11.8 Å². The molecular weight excluding hydrogens is 332 g/mol. The average molecular weight is 362 g/mol. The summed E-state index contributed by atoms with van der Waals surface area (Å²) in [6.45, 7) is 6.66. The van der Waals surface area contributed by atoms with Crippen LogP contribution in [0.1, 0.15) is 51.6 Å². The van der Waals surface area contributed by atoms with Gasteiger partial charge in [0.15, 0.2) is 0 Å². The van der Waals surface area contributed by atoms with Gasteiger partial charge >= 0.3 is 0 Å². The third-order valence-corrected chi connectivity index (χ3v) is 4.68. The van der Waals surface area contributed by atoms with Crippen molar-refractivity contribution in [3.63, 3.8) is 0 Å². The molecule has 1 atom stereocenters. The first-order chi connectivity index (χ1) is 12.3. The van der Waals surface area contributed by atoms with Crippen molar-refractivity contribution in [2.24, 2.45) is 5.41 Å². The molecular formula is C20H30N2O4. The first kappa shape index (κ1) is 20.1. The zero-order valence-corrected chi connectivity index (χ0v) is 16.4. The Morgan fingerprint density at radius 2 is 1.96 bits per heavy atom. The zero-order valence-electron chi connectivity index (χ0n) is 16.4. The lowest BCUT2D eigenvalue weighted by molar-refractivity contribution is -0.132. The second-order valence-electron chi connectivity index (χ2n) is 7.61. The summed E-state index contributed by atoms with van der Waals surface area (Å²) < 4.78 is 10.8. The van der Waals surface area contributed by atoms with E-state index in [4.69, 9.17) is 9.47 Å². The molecule has 1 aromatic carbocycles. The molecule has 6 heteroatoms. The molecule has 1 aliphatic heterocycles. The largest absolute Gasteiger partial charge is 0.497 e. The first-order valence-corrected chi connectivity index (χ1v) is 9.07. The van der Waals surface area contributed by atoms with Crippen molar-refractivity contribution in [1.29, 1.82) is 0 Å². The molecule has 6 nitrogen and oxygen atoms in total. The number of ether oxygens (including phenoxy) is 2. The molecule has 1 unspecified atom stereocenters. The number of carbonyl (C=O) groups is 2. The molecule has 0 saturated carbocycles. The van der Waals surface area contributed by atoms with E-state index in [2.05, 4.69) is 5.32 Å². The maximum atomic E-state index is 12.7. The maximum Gasteiger partial charge on any atom is 0.225 e. The molecule has 1 saturated heterocycles. The molecule has 1 aliphatic rings. The highest BCUT2D eigenvalue weighted by molar-refractivity contribution is 5.82. The smallest absolute Gasteiger partial charge is 0.225 e. The van der Waals surface area contributed by atoms with E-state index in [0.29, 0.717) is 13.0 Å². The number of benzene rings is 1. The van der Waals surface area contributed by atoms with Crippen LogP contribution in [0.5, 0.6) is 11.5 Å². The molecule has 1 fully saturated rings. The summed E-state index contributed by atoms with van der Waals surface area (Å²) in [7, 11) is 3.24. The summed E-state index contributed by atoms with van der Waals surface area (Å²) in [5.74, 6) is 1.47. The Labute approximate surface area is 155 Å². The van der Waals surface area contributed by atoms with E-state index in [1.165, 1.54) is 0 Å². The van der Waals surface area contributed by atoms with Crippen molar-refractivity contribution in [3.05, 3.63) is 23.8 Å². The number of rotatable bonds is 6. The van der Waals surface area contributed by atoms with E-state index in [9.17, 15) is 9.59 Å². The molecule has 1 heterocycles. The van der Waals surface area contributed by atoms with Crippen molar-refractivity contribution in [2.45, 2.75) is 46.1 Å². The van der Waals surface area contributed by atoms with Crippen LogP contribution in [0.15, 0.2) is 18.2 Å². The van der Waals surface area contributed by atoms with E-state index >= 15 is 0 Å². The van der Waals surface area contributed by atoms with Crippen LogP contribution in [-0.2, 0) is 9.59 Å². The molecule has 1 N–H and O–H groups in total. The molecule has 0 bridgehead atoms. The minimum Gasteiger partial charge on any atom is -0.497 e. The maximum absolute atomic E-state index is 12.7. The summed E-state index contributed by atoms with van der Waals surface area (Å²) in [5.41, 5.74) is 0.549. The number of amides is 2. The Balaban J connectivity index is 2.03. The lowest BCUT2D eigenvalue weighted by atomic mass is 9.96. The highest BCUT2D eigenvalue weighted by Gasteiger charge is 2.32. The van der Waals surface area contributed by atoms with Crippen molar-refractivity contribution in [1.82, 2.24) is 10.2 Å². The van der Waals surface area contributed by atoms with Crippen LogP contribution in [0.3, 0.4) is 0 Å². The standard InChI is InChI=1S/C20H30N2O4/c1-20(2,3)19(24)21-11-10-18(23)22-12-6-7-16(22)15-9-8-14(25-4)13-17(15)26-5/h8-9,13,16H,6-7,10-12H2,1-5H3,(H,21,24). The Morgan fingerprint density at radius 3 is 2.58 bits per heavy atom. The number of carbonyl (C=O) groups excluding carboxylic acids is 2. The number of nitrogens with zero attached hydrogens (tertiary/aromatic N) is 1. The normalized spacial score (nSPS) is 17.1. The summed E-state index contributed by atoms with van der Waals surface area (Å²) in [5, 5.41) is 2.84. The van der Waals surface area contributed by atoms with Crippen LogP contribution < -0.4 is 14.8 Å². The predicted octanol–water partition coefficient (Wildman–Crippen LogP) is 2.92. The number of hydrogen-bond acceptors (Lipinski definition) is 4. The van der Waals surface area contributed by atoms with Crippen LogP contribution in [0.2, 0.25) is 0 Å². The highest BCUT2D eigenvalue weighted by atomic mass is 16.5. The molecule has 2 amide bonds.